The van der Waals surface area contributed by atoms with Gasteiger partial charge in [0, 0.05) is 24.7 Å². The van der Waals surface area contributed by atoms with Crippen LogP contribution < -0.4 is 4.74 Å². The minimum atomic E-state index is 0.535. The molecule has 0 aromatic heterocycles. The number of piperidine rings is 1. The second-order valence-corrected chi connectivity index (χ2v) is 4.98. The summed E-state index contributed by atoms with van der Waals surface area (Å²) in [5.41, 5.74) is 1.35. The fourth-order valence-corrected chi connectivity index (χ4v) is 3.12. The molecule has 0 amide bonds. The topological polar surface area (TPSA) is 12.5 Å². The van der Waals surface area contributed by atoms with Gasteiger partial charge < -0.3 is 4.74 Å². The normalized spacial score (nSPS) is 31.2. The number of ether oxygens (including phenoxy) is 1. The smallest absolute Gasteiger partial charge is 0.123 e. The molecular formula is C15H19NO. The van der Waals surface area contributed by atoms with Crippen molar-refractivity contribution < 1.29 is 4.74 Å². The van der Waals surface area contributed by atoms with E-state index >= 15 is 0 Å². The van der Waals surface area contributed by atoms with Crippen LogP contribution >= 0.6 is 0 Å². The van der Waals surface area contributed by atoms with Crippen LogP contribution in [0.4, 0.5) is 0 Å². The molecule has 0 saturated carbocycles. The van der Waals surface area contributed by atoms with Crippen LogP contribution in [-0.4, -0.2) is 25.1 Å². The van der Waals surface area contributed by atoms with Gasteiger partial charge >= 0.3 is 0 Å². The zero-order valence-electron chi connectivity index (χ0n) is 10.3. The van der Waals surface area contributed by atoms with Gasteiger partial charge in [0.15, 0.2) is 0 Å². The third kappa shape index (κ3) is 1.98. The molecule has 90 valence electrons. The van der Waals surface area contributed by atoms with Crippen LogP contribution in [0.2, 0.25) is 0 Å². The summed E-state index contributed by atoms with van der Waals surface area (Å²) < 4.78 is 5.49. The van der Waals surface area contributed by atoms with Crippen LogP contribution in [0.1, 0.15) is 24.4 Å². The Balaban J connectivity index is 1.91. The predicted octanol–water partition coefficient (Wildman–Crippen LogP) is 3.02. The second kappa shape index (κ2) is 4.53. The highest BCUT2D eigenvalue weighted by molar-refractivity contribution is 5.36. The first-order valence-corrected chi connectivity index (χ1v) is 6.42. The number of rotatable bonds is 2. The summed E-state index contributed by atoms with van der Waals surface area (Å²) in [7, 11) is 1.76. The molecule has 17 heavy (non-hydrogen) atoms. The number of hydrogen-bond donors (Lipinski definition) is 0. The summed E-state index contributed by atoms with van der Waals surface area (Å²) in [5.74, 6) is 1.81. The lowest BCUT2D eigenvalue weighted by Gasteiger charge is -2.41. The molecule has 2 heteroatoms. The third-order valence-electron chi connectivity index (χ3n) is 3.97. The average molecular weight is 229 g/mol. The average Bonchev–Trinajstić information content (AvgIpc) is 2.39. The molecule has 0 N–H and O–H groups in total. The fraction of sp³-hybridized carbons (Fsp3) is 0.467. The monoisotopic (exact) mass is 229 g/mol. The zero-order valence-corrected chi connectivity index (χ0v) is 10.3. The van der Waals surface area contributed by atoms with Crippen molar-refractivity contribution in [3.8, 4) is 5.75 Å². The summed E-state index contributed by atoms with van der Waals surface area (Å²) in [6.07, 6.45) is 7.25. The van der Waals surface area contributed by atoms with E-state index in [4.69, 9.17) is 4.74 Å². The summed E-state index contributed by atoms with van der Waals surface area (Å²) in [6.45, 7) is 2.29. The van der Waals surface area contributed by atoms with Crippen molar-refractivity contribution in [2.24, 2.45) is 5.92 Å². The molecule has 3 atom stereocenters. The maximum Gasteiger partial charge on any atom is 0.123 e. The van der Waals surface area contributed by atoms with Gasteiger partial charge in [0.1, 0.15) is 5.75 Å². The van der Waals surface area contributed by atoms with E-state index in [9.17, 15) is 0 Å². The van der Waals surface area contributed by atoms with Gasteiger partial charge in [-0.2, -0.15) is 0 Å². The van der Waals surface area contributed by atoms with E-state index in [1.54, 1.807) is 7.11 Å². The molecule has 2 aliphatic heterocycles. The molecule has 1 aromatic carbocycles. The molecule has 3 rings (SSSR count). The number of para-hydroxylation sites is 1. The Labute approximate surface area is 103 Å². The number of hydrogen-bond acceptors (Lipinski definition) is 2. The van der Waals surface area contributed by atoms with E-state index in [2.05, 4.69) is 35.3 Å². The van der Waals surface area contributed by atoms with Gasteiger partial charge in [-0.05, 0) is 24.8 Å². The Bertz CT molecular complexity index is 427. The van der Waals surface area contributed by atoms with Gasteiger partial charge in [0.05, 0.1) is 7.11 Å². The van der Waals surface area contributed by atoms with Crippen molar-refractivity contribution in [1.29, 1.82) is 0 Å². The molecular weight excluding hydrogens is 210 g/mol. The molecule has 2 nitrogen and oxygen atoms in total. The highest BCUT2D eigenvalue weighted by atomic mass is 16.5. The minimum Gasteiger partial charge on any atom is -0.496 e. The van der Waals surface area contributed by atoms with Crippen LogP contribution in [0.25, 0.3) is 0 Å². The summed E-state index contributed by atoms with van der Waals surface area (Å²) in [6, 6.07) is 8.98. The van der Waals surface area contributed by atoms with Gasteiger partial charge in [-0.3, -0.25) is 4.90 Å². The zero-order chi connectivity index (χ0) is 11.7. The first-order valence-electron chi connectivity index (χ1n) is 6.42. The van der Waals surface area contributed by atoms with Crippen LogP contribution in [0.3, 0.4) is 0 Å². The molecule has 1 saturated heterocycles. The maximum absolute atomic E-state index is 5.49. The highest BCUT2D eigenvalue weighted by Gasteiger charge is 2.30. The molecule has 2 heterocycles. The Hall–Kier alpha value is -1.28. The third-order valence-corrected chi connectivity index (χ3v) is 3.97. The summed E-state index contributed by atoms with van der Waals surface area (Å²) in [5, 5.41) is 0. The lowest BCUT2D eigenvalue weighted by Crippen LogP contribution is -2.40. The Morgan fingerprint density at radius 1 is 1.24 bits per heavy atom. The van der Waals surface area contributed by atoms with Crippen molar-refractivity contribution >= 4 is 0 Å². The Kier molecular flexibility index (Phi) is 2.89. The van der Waals surface area contributed by atoms with E-state index in [0.29, 0.717) is 6.04 Å². The molecule has 2 bridgehead atoms. The SMILES string of the molecule is COc1ccccc1C1CCC2C=CCN1C2. The first-order chi connectivity index (χ1) is 8.38. The number of benzene rings is 1. The molecule has 1 aromatic rings. The molecule has 3 unspecified atom stereocenters. The standard InChI is InChI=1S/C15H19NO/c1-17-15-7-3-2-6-13(15)14-9-8-12-5-4-10-16(14)11-12/h2-7,12,14H,8-11H2,1H3. The molecule has 2 aliphatic rings. The van der Waals surface area contributed by atoms with Crippen LogP contribution in [-0.2, 0) is 0 Å². The summed E-state index contributed by atoms with van der Waals surface area (Å²) in [4.78, 5) is 2.58. The van der Waals surface area contributed by atoms with Crippen molar-refractivity contribution in [3.05, 3.63) is 42.0 Å². The fourth-order valence-electron chi connectivity index (χ4n) is 3.12. The predicted molar refractivity (Wildman–Crippen MR) is 69.2 cm³/mol. The molecule has 0 radical (unpaired) electrons. The van der Waals surface area contributed by atoms with Gasteiger partial charge in [-0.1, -0.05) is 30.4 Å². The van der Waals surface area contributed by atoms with Crippen molar-refractivity contribution in [1.82, 2.24) is 4.90 Å². The lowest BCUT2D eigenvalue weighted by molar-refractivity contribution is 0.126. The van der Waals surface area contributed by atoms with E-state index in [0.717, 1.165) is 18.2 Å². The second-order valence-electron chi connectivity index (χ2n) is 4.98. The Morgan fingerprint density at radius 2 is 2.12 bits per heavy atom. The Morgan fingerprint density at radius 3 is 3.00 bits per heavy atom. The van der Waals surface area contributed by atoms with Gasteiger partial charge in [0.2, 0.25) is 0 Å². The number of nitrogens with zero attached hydrogens (tertiary/aromatic N) is 1. The van der Waals surface area contributed by atoms with Crippen LogP contribution in [0, 0.1) is 5.92 Å². The lowest BCUT2D eigenvalue weighted by atomic mass is 9.86. The molecule has 1 fully saturated rings. The number of methoxy groups -OCH3 is 1. The maximum atomic E-state index is 5.49. The van der Waals surface area contributed by atoms with E-state index in [1.165, 1.54) is 24.9 Å². The summed E-state index contributed by atoms with van der Waals surface area (Å²) >= 11 is 0. The van der Waals surface area contributed by atoms with Crippen molar-refractivity contribution in [2.45, 2.75) is 18.9 Å². The van der Waals surface area contributed by atoms with E-state index in [1.807, 2.05) is 6.07 Å². The van der Waals surface area contributed by atoms with E-state index < -0.39 is 0 Å². The highest BCUT2D eigenvalue weighted by Crippen LogP contribution is 2.39. The molecule has 0 spiro atoms. The van der Waals surface area contributed by atoms with Crippen molar-refractivity contribution in [2.75, 3.05) is 20.2 Å². The first kappa shape index (κ1) is 10.8. The van der Waals surface area contributed by atoms with Gasteiger partial charge in [-0.15, -0.1) is 0 Å². The van der Waals surface area contributed by atoms with Gasteiger partial charge in [0.25, 0.3) is 0 Å². The van der Waals surface area contributed by atoms with Crippen LogP contribution in [0.15, 0.2) is 36.4 Å². The van der Waals surface area contributed by atoms with Crippen molar-refractivity contribution in [3.63, 3.8) is 0 Å². The molecule has 0 aliphatic carbocycles. The quantitative estimate of drug-likeness (QED) is 0.723. The van der Waals surface area contributed by atoms with Gasteiger partial charge in [-0.25, -0.2) is 0 Å². The minimum absolute atomic E-state index is 0.535. The van der Waals surface area contributed by atoms with Crippen LogP contribution in [0.5, 0.6) is 5.75 Å². The largest absolute Gasteiger partial charge is 0.496 e. The number of fused-ring (bicyclic) bond motifs is 2. The van der Waals surface area contributed by atoms with E-state index in [-0.39, 0.29) is 0 Å².